The molecule has 2 heterocycles. The Morgan fingerprint density at radius 1 is 1.09 bits per heavy atom. The van der Waals surface area contributed by atoms with Crippen molar-refractivity contribution in [2.75, 3.05) is 39.3 Å². The number of hydrogen-bond acceptors (Lipinski definition) is 5. The smallest absolute Gasteiger partial charge is 0.310 e. The highest BCUT2D eigenvalue weighted by Crippen LogP contribution is 2.21. The molecule has 6 heteroatoms. The molecule has 2 saturated heterocycles. The fourth-order valence-corrected chi connectivity index (χ4v) is 3.16. The van der Waals surface area contributed by atoms with E-state index in [1.54, 1.807) is 6.92 Å². The Morgan fingerprint density at radius 3 is 2.27 bits per heavy atom. The van der Waals surface area contributed by atoms with Gasteiger partial charge in [-0.05, 0) is 27.2 Å². The Bertz CT molecular complexity index is 411. The molecule has 1 N–H and O–H groups in total. The van der Waals surface area contributed by atoms with Crippen molar-refractivity contribution < 1.29 is 14.3 Å². The van der Waals surface area contributed by atoms with Crippen molar-refractivity contribution in [3.63, 3.8) is 0 Å². The second kappa shape index (κ2) is 6.96. The summed E-state index contributed by atoms with van der Waals surface area (Å²) < 4.78 is 5.51. The average molecular weight is 311 g/mol. The van der Waals surface area contributed by atoms with Crippen LogP contribution in [-0.2, 0) is 14.3 Å². The maximum atomic E-state index is 12.2. The first-order valence-electron chi connectivity index (χ1n) is 8.19. The number of hydrogen-bond donors (Lipinski definition) is 1. The lowest BCUT2D eigenvalue weighted by molar-refractivity contribution is -0.161. The number of amides is 1. The van der Waals surface area contributed by atoms with Crippen LogP contribution in [0.1, 0.15) is 34.1 Å². The van der Waals surface area contributed by atoms with Gasteiger partial charge in [0.15, 0.2) is 0 Å². The van der Waals surface area contributed by atoms with Crippen LogP contribution < -0.4 is 5.32 Å². The van der Waals surface area contributed by atoms with Gasteiger partial charge in [-0.15, -0.1) is 0 Å². The van der Waals surface area contributed by atoms with Crippen LogP contribution in [0.15, 0.2) is 0 Å². The summed E-state index contributed by atoms with van der Waals surface area (Å²) in [6.45, 7) is 12.2. The van der Waals surface area contributed by atoms with Crippen LogP contribution in [0.3, 0.4) is 0 Å². The Hall–Kier alpha value is -1.14. The third-order valence-electron chi connectivity index (χ3n) is 4.34. The molecule has 2 unspecified atom stereocenters. The van der Waals surface area contributed by atoms with Crippen LogP contribution in [0, 0.1) is 5.92 Å². The normalized spacial score (nSPS) is 27.5. The highest BCUT2D eigenvalue weighted by molar-refractivity contribution is 5.73. The summed E-state index contributed by atoms with van der Waals surface area (Å²) in [6.07, 6.45) is 0.835. The molecule has 0 spiro atoms. The maximum absolute atomic E-state index is 12.2. The summed E-state index contributed by atoms with van der Waals surface area (Å²) in [7, 11) is 0. The third-order valence-corrected chi connectivity index (χ3v) is 4.34. The van der Waals surface area contributed by atoms with Crippen molar-refractivity contribution in [1.82, 2.24) is 15.1 Å². The van der Waals surface area contributed by atoms with Gasteiger partial charge in [0.1, 0.15) is 5.60 Å². The van der Waals surface area contributed by atoms with E-state index in [2.05, 4.69) is 10.2 Å². The topological polar surface area (TPSA) is 61.9 Å². The molecule has 0 aliphatic carbocycles. The lowest BCUT2D eigenvalue weighted by atomic mass is 9.94. The highest BCUT2D eigenvalue weighted by Gasteiger charge is 2.34. The van der Waals surface area contributed by atoms with Gasteiger partial charge in [-0.3, -0.25) is 14.5 Å². The number of piperazine rings is 1. The second-order valence-corrected chi connectivity index (χ2v) is 7.32. The zero-order valence-electron chi connectivity index (χ0n) is 14.2. The monoisotopic (exact) mass is 311 g/mol. The SMILES string of the molecule is CC(=O)N1CCN(C2CNCC(C(=O)OC(C)(C)C)C2)CC1. The van der Waals surface area contributed by atoms with Crippen molar-refractivity contribution in [3.8, 4) is 0 Å². The molecule has 2 fully saturated rings. The van der Waals surface area contributed by atoms with Gasteiger partial charge in [0.05, 0.1) is 5.92 Å². The number of rotatable bonds is 2. The number of nitrogens with one attached hydrogen (secondary N) is 1. The van der Waals surface area contributed by atoms with E-state index < -0.39 is 5.60 Å². The van der Waals surface area contributed by atoms with Crippen LogP contribution in [0.5, 0.6) is 0 Å². The summed E-state index contributed by atoms with van der Waals surface area (Å²) in [4.78, 5) is 27.9. The highest BCUT2D eigenvalue weighted by atomic mass is 16.6. The standard InChI is InChI=1S/C16H29N3O3/c1-12(20)18-5-7-19(8-6-18)14-9-13(10-17-11-14)15(21)22-16(2,3)4/h13-14,17H,5-11H2,1-4H3. The largest absolute Gasteiger partial charge is 0.460 e. The zero-order chi connectivity index (χ0) is 16.3. The van der Waals surface area contributed by atoms with E-state index >= 15 is 0 Å². The van der Waals surface area contributed by atoms with Crippen molar-refractivity contribution in [2.45, 2.75) is 45.8 Å². The van der Waals surface area contributed by atoms with Crippen LogP contribution in [0.2, 0.25) is 0 Å². The van der Waals surface area contributed by atoms with Crippen LogP contribution in [-0.4, -0.2) is 72.6 Å². The summed E-state index contributed by atoms with van der Waals surface area (Å²) in [6, 6.07) is 0.348. The summed E-state index contributed by atoms with van der Waals surface area (Å²) in [5.41, 5.74) is -0.433. The van der Waals surface area contributed by atoms with E-state index in [0.29, 0.717) is 12.6 Å². The molecule has 0 aromatic carbocycles. The van der Waals surface area contributed by atoms with Crippen molar-refractivity contribution in [1.29, 1.82) is 0 Å². The predicted molar refractivity (Wildman–Crippen MR) is 84.4 cm³/mol. The first-order chi connectivity index (χ1) is 10.3. The van der Waals surface area contributed by atoms with E-state index in [1.807, 2.05) is 25.7 Å². The van der Waals surface area contributed by atoms with Gasteiger partial charge in [-0.1, -0.05) is 0 Å². The Labute approximate surface area is 133 Å². The summed E-state index contributed by atoms with van der Waals surface area (Å²) >= 11 is 0. The van der Waals surface area contributed by atoms with E-state index in [4.69, 9.17) is 4.74 Å². The minimum Gasteiger partial charge on any atom is -0.460 e. The van der Waals surface area contributed by atoms with E-state index in [0.717, 1.165) is 39.1 Å². The molecule has 126 valence electrons. The average Bonchev–Trinajstić information content (AvgIpc) is 2.46. The van der Waals surface area contributed by atoms with Gasteiger partial charge in [0, 0.05) is 52.2 Å². The molecule has 2 rings (SSSR count). The van der Waals surface area contributed by atoms with Gasteiger partial charge in [-0.25, -0.2) is 0 Å². The molecule has 1 amide bonds. The van der Waals surface area contributed by atoms with Gasteiger partial charge >= 0.3 is 5.97 Å². The molecule has 0 bridgehead atoms. The quantitative estimate of drug-likeness (QED) is 0.751. The molecule has 0 aromatic rings. The van der Waals surface area contributed by atoms with E-state index in [-0.39, 0.29) is 17.8 Å². The van der Waals surface area contributed by atoms with Crippen molar-refractivity contribution in [2.24, 2.45) is 5.92 Å². The molecule has 0 saturated carbocycles. The molecule has 2 atom stereocenters. The van der Waals surface area contributed by atoms with Crippen molar-refractivity contribution >= 4 is 11.9 Å². The molecular weight excluding hydrogens is 282 g/mol. The lowest BCUT2D eigenvalue weighted by Gasteiger charge is -2.42. The summed E-state index contributed by atoms with van der Waals surface area (Å²) in [5.74, 6) is -0.0380. The fourth-order valence-electron chi connectivity index (χ4n) is 3.16. The van der Waals surface area contributed by atoms with Crippen molar-refractivity contribution in [3.05, 3.63) is 0 Å². The Kier molecular flexibility index (Phi) is 5.45. The molecule has 2 aliphatic heterocycles. The van der Waals surface area contributed by atoms with Crippen LogP contribution >= 0.6 is 0 Å². The number of ether oxygens (including phenoxy) is 1. The zero-order valence-corrected chi connectivity index (χ0v) is 14.2. The summed E-state index contributed by atoms with van der Waals surface area (Å²) in [5, 5.41) is 3.36. The minimum atomic E-state index is -0.433. The Morgan fingerprint density at radius 2 is 1.73 bits per heavy atom. The first kappa shape index (κ1) is 17.2. The predicted octanol–water partition coefficient (Wildman–Crippen LogP) is 0.470. The fraction of sp³-hybridized carbons (Fsp3) is 0.875. The third kappa shape index (κ3) is 4.68. The number of esters is 1. The molecule has 0 radical (unpaired) electrons. The molecule has 0 aromatic heterocycles. The molecule has 6 nitrogen and oxygen atoms in total. The maximum Gasteiger partial charge on any atom is 0.310 e. The van der Waals surface area contributed by atoms with Gasteiger partial charge in [0.25, 0.3) is 0 Å². The van der Waals surface area contributed by atoms with E-state index in [1.165, 1.54) is 0 Å². The lowest BCUT2D eigenvalue weighted by Crippen LogP contribution is -2.57. The van der Waals surface area contributed by atoms with Crippen LogP contribution in [0.4, 0.5) is 0 Å². The number of carbonyl (C=O) groups is 2. The number of piperidine rings is 1. The Balaban J connectivity index is 1.86. The molecular formula is C16H29N3O3. The van der Waals surface area contributed by atoms with Gasteiger partial charge in [-0.2, -0.15) is 0 Å². The van der Waals surface area contributed by atoms with Gasteiger partial charge in [0.2, 0.25) is 5.91 Å². The minimum absolute atomic E-state index is 0.0798. The first-order valence-corrected chi connectivity index (χ1v) is 8.19. The van der Waals surface area contributed by atoms with E-state index in [9.17, 15) is 9.59 Å². The van der Waals surface area contributed by atoms with Gasteiger partial charge < -0.3 is 15.0 Å². The molecule has 2 aliphatic rings. The second-order valence-electron chi connectivity index (χ2n) is 7.32. The molecule has 22 heavy (non-hydrogen) atoms. The number of carbonyl (C=O) groups excluding carboxylic acids is 2. The number of nitrogens with zero attached hydrogens (tertiary/aromatic N) is 2. The van der Waals surface area contributed by atoms with Crippen LogP contribution in [0.25, 0.3) is 0 Å².